The highest BCUT2D eigenvalue weighted by Gasteiger charge is 1.96. The van der Waals surface area contributed by atoms with Crippen LogP contribution in [0.25, 0.3) is 0 Å². The fourth-order valence-electron chi connectivity index (χ4n) is 0.474. The Balaban J connectivity index is 3.91. The Morgan fingerprint density at radius 3 is 2.44 bits per heavy atom. The minimum Gasteiger partial charge on any atom is -0.300 e. The highest BCUT2D eigenvalue weighted by atomic mass is 16.1. The fraction of sp³-hybridized carbons (Fsp3) is 0.429. The van der Waals surface area contributed by atoms with E-state index < -0.39 is 0 Å². The molecule has 0 rings (SSSR count). The van der Waals surface area contributed by atoms with E-state index in [9.17, 15) is 4.79 Å². The first kappa shape index (κ1) is 7.90. The predicted molar refractivity (Wildman–Crippen MR) is 34.7 cm³/mol. The van der Waals surface area contributed by atoms with Gasteiger partial charge in [0.2, 0.25) is 0 Å². The molecular formula is C7H9NO. The number of nitrogens with zero attached hydrogens (tertiary/aromatic N) is 1. The van der Waals surface area contributed by atoms with E-state index in [4.69, 9.17) is 5.26 Å². The van der Waals surface area contributed by atoms with Gasteiger partial charge in [0, 0.05) is 12.0 Å². The largest absolute Gasteiger partial charge is 0.300 e. The van der Waals surface area contributed by atoms with E-state index in [2.05, 4.69) is 0 Å². The molecule has 0 aromatic heterocycles. The summed E-state index contributed by atoms with van der Waals surface area (Å²) in [5, 5.41) is 8.30. The second-order valence-corrected chi connectivity index (χ2v) is 1.80. The summed E-state index contributed by atoms with van der Waals surface area (Å²) in [7, 11) is 0. The highest BCUT2D eigenvalue weighted by Crippen LogP contribution is 1.98. The van der Waals surface area contributed by atoms with Crippen LogP contribution >= 0.6 is 0 Å². The monoisotopic (exact) mass is 123 g/mol. The van der Waals surface area contributed by atoms with E-state index in [1.54, 1.807) is 13.0 Å². The summed E-state index contributed by atoms with van der Waals surface area (Å²) in [4.78, 5) is 10.4. The molecule has 0 fully saturated rings. The van der Waals surface area contributed by atoms with Crippen LogP contribution in [0.5, 0.6) is 0 Å². The second kappa shape index (κ2) is 3.85. The van der Waals surface area contributed by atoms with E-state index in [1.165, 1.54) is 6.92 Å². The lowest BCUT2D eigenvalue weighted by atomic mass is 10.1. The zero-order valence-corrected chi connectivity index (χ0v) is 5.64. The molecule has 0 amide bonds. The molecule has 0 saturated carbocycles. The highest BCUT2D eigenvalue weighted by molar-refractivity contribution is 5.78. The first-order valence-corrected chi connectivity index (χ1v) is 2.75. The van der Waals surface area contributed by atoms with Gasteiger partial charge in [-0.3, -0.25) is 4.79 Å². The summed E-state index contributed by atoms with van der Waals surface area (Å²) in [5.41, 5.74) is 0.544. The van der Waals surface area contributed by atoms with E-state index in [-0.39, 0.29) is 12.2 Å². The maximum atomic E-state index is 10.4. The lowest BCUT2D eigenvalue weighted by Crippen LogP contribution is -1.90. The summed E-state index contributed by atoms with van der Waals surface area (Å²) < 4.78 is 0. The van der Waals surface area contributed by atoms with Crippen LogP contribution in [0.15, 0.2) is 11.6 Å². The SMILES string of the molecule is C/C=C(/C#N)CC(C)=O. The number of hydrogen-bond acceptors (Lipinski definition) is 2. The molecule has 0 aliphatic carbocycles. The summed E-state index contributed by atoms with van der Waals surface area (Å²) in [5.74, 6) is 0.0321. The standard InChI is InChI=1S/C7H9NO/c1-3-7(5-8)4-6(2)9/h3H,4H2,1-2H3/b7-3+. The Morgan fingerprint density at radius 2 is 2.33 bits per heavy atom. The zero-order valence-electron chi connectivity index (χ0n) is 5.64. The van der Waals surface area contributed by atoms with Crippen molar-refractivity contribution in [2.75, 3.05) is 0 Å². The van der Waals surface area contributed by atoms with Crippen molar-refractivity contribution in [3.05, 3.63) is 11.6 Å². The lowest BCUT2D eigenvalue weighted by Gasteiger charge is -1.88. The van der Waals surface area contributed by atoms with Gasteiger partial charge in [0.25, 0.3) is 0 Å². The minimum atomic E-state index is 0.0321. The number of allylic oxidation sites excluding steroid dienone is 2. The first-order chi connectivity index (χ1) is 4.20. The molecule has 0 aromatic rings. The van der Waals surface area contributed by atoms with Gasteiger partial charge in [0.15, 0.2) is 0 Å². The molecule has 0 radical (unpaired) electrons. The van der Waals surface area contributed by atoms with Gasteiger partial charge in [-0.1, -0.05) is 6.08 Å². The summed E-state index contributed by atoms with van der Waals surface area (Å²) >= 11 is 0. The Bertz CT molecular complexity index is 174. The molecule has 48 valence electrons. The molecule has 0 atom stereocenters. The number of hydrogen-bond donors (Lipinski definition) is 0. The van der Waals surface area contributed by atoms with Crippen LogP contribution in [-0.4, -0.2) is 5.78 Å². The van der Waals surface area contributed by atoms with Crippen molar-refractivity contribution in [1.29, 1.82) is 5.26 Å². The molecule has 0 aliphatic rings. The Morgan fingerprint density at radius 1 is 1.78 bits per heavy atom. The number of nitriles is 1. The Kier molecular flexibility index (Phi) is 3.38. The van der Waals surface area contributed by atoms with Crippen LogP contribution in [-0.2, 0) is 4.79 Å². The lowest BCUT2D eigenvalue weighted by molar-refractivity contribution is -0.116. The summed E-state index contributed by atoms with van der Waals surface area (Å²) in [6.07, 6.45) is 1.92. The number of ketones is 1. The van der Waals surface area contributed by atoms with Crippen LogP contribution in [0.2, 0.25) is 0 Å². The van der Waals surface area contributed by atoms with Gasteiger partial charge in [-0.25, -0.2) is 0 Å². The van der Waals surface area contributed by atoms with Gasteiger partial charge < -0.3 is 0 Å². The van der Waals surface area contributed by atoms with Gasteiger partial charge >= 0.3 is 0 Å². The average molecular weight is 123 g/mol. The minimum absolute atomic E-state index is 0.0321. The molecule has 0 saturated heterocycles. The molecule has 0 aromatic carbocycles. The summed E-state index contributed by atoms with van der Waals surface area (Å²) in [6, 6.07) is 1.92. The van der Waals surface area contributed by atoms with Crippen molar-refractivity contribution >= 4 is 5.78 Å². The topological polar surface area (TPSA) is 40.9 Å². The van der Waals surface area contributed by atoms with Gasteiger partial charge in [0.1, 0.15) is 5.78 Å². The Hall–Kier alpha value is -1.10. The van der Waals surface area contributed by atoms with E-state index in [0.29, 0.717) is 5.57 Å². The van der Waals surface area contributed by atoms with Gasteiger partial charge in [-0.2, -0.15) is 5.26 Å². The van der Waals surface area contributed by atoms with Crippen LogP contribution in [0, 0.1) is 11.3 Å². The third-order valence-electron chi connectivity index (χ3n) is 0.931. The molecular weight excluding hydrogens is 114 g/mol. The van der Waals surface area contributed by atoms with Crippen LogP contribution in [0.3, 0.4) is 0 Å². The molecule has 0 bridgehead atoms. The Labute approximate surface area is 54.8 Å². The van der Waals surface area contributed by atoms with Crippen molar-refractivity contribution in [2.45, 2.75) is 20.3 Å². The third kappa shape index (κ3) is 3.48. The first-order valence-electron chi connectivity index (χ1n) is 2.75. The molecule has 0 N–H and O–H groups in total. The fourth-order valence-corrected chi connectivity index (χ4v) is 0.474. The molecule has 2 heteroatoms. The third-order valence-corrected chi connectivity index (χ3v) is 0.931. The van der Waals surface area contributed by atoms with Crippen LogP contribution in [0.4, 0.5) is 0 Å². The maximum absolute atomic E-state index is 10.4. The van der Waals surface area contributed by atoms with E-state index in [0.717, 1.165) is 0 Å². The van der Waals surface area contributed by atoms with Crippen LogP contribution in [0.1, 0.15) is 20.3 Å². The zero-order chi connectivity index (χ0) is 7.28. The van der Waals surface area contributed by atoms with Gasteiger partial charge in [0.05, 0.1) is 6.07 Å². The van der Waals surface area contributed by atoms with E-state index >= 15 is 0 Å². The molecule has 0 heterocycles. The molecule has 0 unspecified atom stereocenters. The van der Waals surface area contributed by atoms with Crippen LogP contribution < -0.4 is 0 Å². The van der Waals surface area contributed by atoms with Crippen molar-refractivity contribution in [3.63, 3.8) is 0 Å². The smallest absolute Gasteiger partial charge is 0.134 e. The van der Waals surface area contributed by atoms with Crippen molar-refractivity contribution in [3.8, 4) is 6.07 Å². The van der Waals surface area contributed by atoms with Gasteiger partial charge in [-0.05, 0) is 13.8 Å². The predicted octanol–water partition coefficient (Wildman–Crippen LogP) is 1.44. The number of rotatable bonds is 2. The van der Waals surface area contributed by atoms with Crippen molar-refractivity contribution in [2.24, 2.45) is 0 Å². The van der Waals surface area contributed by atoms with E-state index in [1.807, 2.05) is 6.07 Å². The molecule has 0 aliphatic heterocycles. The normalized spacial score (nSPS) is 10.6. The number of carbonyl (C=O) groups excluding carboxylic acids is 1. The van der Waals surface area contributed by atoms with Gasteiger partial charge in [-0.15, -0.1) is 0 Å². The average Bonchev–Trinajstić information content (AvgIpc) is 1.82. The number of Topliss-reactive ketones (excluding diaryl/α,β-unsaturated/α-hetero) is 1. The summed E-state index contributed by atoms with van der Waals surface area (Å²) in [6.45, 7) is 3.22. The van der Waals surface area contributed by atoms with Crippen molar-refractivity contribution in [1.82, 2.24) is 0 Å². The molecule has 2 nitrogen and oxygen atoms in total. The number of carbonyl (C=O) groups is 1. The molecule has 0 spiro atoms. The quantitative estimate of drug-likeness (QED) is 0.521. The van der Waals surface area contributed by atoms with Crippen molar-refractivity contribution < 1.29 is 4.79 Å². The maximum Gasteiger partial charge on any atom is 0.134 e. The molecule has 9 heavy (non-hydrogen) atoms. The second-order valence-electron chi connectivity index (χ2n) is 1.80.